The van der Waals surface area contributed by atoms with Gasteiger partial charge in [-0.15, -0.1) is 0 Å². The average Bonchev–Trinajstić information content (AvgIpc) is 3.79. The summed E-state index contributed by atoms with van der Waals surface area (Å²) in [5, 5.41) is 25.4. The molecule has 2 aliphatic rings. The third-order valence-electron chi connectivity index (χ3n) is 12.4. The lowest BCUT2D eigenvalue weighted by atomic mass is 10.0. The highest BCUT2D eigenvalue weighted by atomic mass is 19.1. The van der Waals surface area contributed by atoms with Crippen molar-refractivity contribution in [2.24, 2.45) is 10.7 Å². The largest absolute Gasteiger partial charge is 0.508 e. The number of ether oxygens (including phenoxy) is 2. The first-order valence-corrected chi connectivity index (χ1v) is 25.8. The van der Waals surface area contributed by atoms with E-state index in [0.29, 0.717) is 63.5 Å². The van der Waals surface area contributed by atoms with E-state index in [1.165, 1.54) is 0 Å². The predicted molar refractivity (Wildman–Crippen MR) is 278 cm³/mol. The van der Waals surface area contributed by atoms with Gasteiger partial charge in [-0.25, -0.2) is 18.4 Å². The summed E-state index contributed by atoms with van der Waals surface area (Å²) in [6.45, 7) is 12.5. The molecular formula is C53H75F2N11O9. The van der Waals surface area contributed by atoms with E-state index in [-0.39, 0.29) is 50.2 Å². The van der Waals surface area contributed by atoms with Crippen LogP contribution in [0.1, 0.15) is 107 Å². The number of hydrogen-bond donors (Lipinski definition) is 8. The first-order chi connectivity index (χ1) is 35.9. The zero-order valence-corrected chi connectivity index (χ0v) is 43.6. The molecule has 0 saturated carbocycles. The normalized spacial score (nSPS) is 14.7. The van der Waals surface area contributed by atoms with Crippen LogP contribution in [0.3, 0.4) is 0 Å². The minimum absolute atomic E-state index is 0.0188. The van der Waals surface area contributed by atoms with Crippen molar-refractivity contribution in [2.75, 3.05) is 65.5 Å². The fourth-order valence-corrected chi connectivity index (χ4v) is 8.53. The Balaban J connectivity index is 1.15. The molecule has 0 radical (unpaired) electrons. The number of piperazine rings is 1. The van der Waals surface area contributed by atoms with Gasteiger partial charge in [-0.2, -0.15) is 0 Å². The van der Waals surface area contributed by atoms with Gasteiger partial charge in [0.05, 0.1) is 6.61 Å². The second kappa shape index (κ2) is 29.7. The van der Waals surface area contributed by atoms with Gasteiger partial charge in [0.2, 0.25) is 23.6 Å². The van der Waals surface area contributed by atoms with E-state index in [4.69, 9.17) is 15.2 Å². The fraction of sp³-hybridized carbons (Fsp3) is 0.528. The van der Waals surface area contributed by atoms with E-state index in [1.807, 2.05) is 67.0 Å². The smallest absolute Gasteiger partial charge is 0.407 e. The van der Waals surface area contributed by atoms with Crippen LogP contribution in [0.5, 0.6) is 11.5 Å². The van der Waals surface area contributed by atoms with Crippen LogP contribution in [-0.2, 0) is 43.5 Å². The Bertz CT molecular complexity index is 2370. The van der Waals surface area contributed by atoms with Gasteiger partial charge in [-0.1, -0.05) is 49.7 Å². The summed E-state index contributed by atoms with van der Waals surface area (Å²) in [4.78, 5) is 87.2. The molecule has 2 heterocycles. The van der Waals surface area contributed by atoms with Crippen molar-refractivity contribution in [1.29, 1.82) is 0 Å². The highest BCUT2D eigenvalue weighted by Gasteiger charge is 2.34. The van der Waals surface area contributed by atoms with Crippen molar-refractivity contribution >= 4 is 41.7 Å². The van der Waals surface area contributed by atoms with Crippen molar-refractivity contribution in [1.82, 2.24) is 46.6 Å². The molecule has 2 aliphatic heterocycles. The highest BCUT2D eigenvalue weighted by Crippen LogP contribution is 2.33. The van der Waals surface area contributed by atoms with E-state index in [2.05, 4.69) is 41.8 Å². The lowest BCUT2D eigenvalue weighted by Gasteiger charge is -2.34. The lowest BCUT2D eigenvalue weighted by molar-refractivity contribution is -0.133. The number of urea groups is 1. The Morgan fingerprint density at radius 3 is 2.12 bits per heavy atom. The number of fused-ring (bicyclic) bond motifs is 1. The Labute approximate surface area is 437 Å². The van der Waals surface area contributed by atoms with Crippen LogP contribution in [0.15, 0.2) is 65.7 Å². The number of guanidine groups is 1. The van der Waals surface area contributed by atoms with E-state index < -0.39 is 71.1 Å². The molecule has 0 aromatic heterocycles. The molecule has 3 aromatic carbocycles. The number of phenolic OH excluding ortho intramolecular Hbond substituents is 1. The van der Waals surface area contributed by atoms with Crippen LogP contribution >= 0.6 is 0 Å². The SMILES string of the molecule is CCC(=O)NCCNC(=O)NC(N)=NCCC[C@@H](NC(=O)[C@H](c1ccc(OCCCN2CCN(C(=O)CCCCCNC(=O)OC(C)(C)C)CC2)cc1)N1Cc2ccccc2C1)C(=O)NCc1c(F)cc(O)cc1F. The number of carbonyl (C=O) groups is 6. The molecule has 7 amide bonds. The molecular weight excluding hydrogens is 973 g/mol. The van der Waals surface area contributed by atoms with Gasteiger partial charge in [0.15, 0.2) is 5.96 Å². The quantitative estimate of drug-likeness (QED) is 0.0315. The summed E-state index contributed by atoms with van der Waals surface area (Å²) in [5.74, 6) is -3.56. The van der Waals surface area contributed by atoms with Crippen molar-refractivity contribution in [2.45, 2.75) is 116 Å². The summed E-state index contributed by atoms with van der Waals surface area (Å²) in [5.41, 5.74) is 7.64. The number of phenols is 1. The van der Waals surface area contributed by atoms with Crippen LogP contribution in [0.4, 0.5) is 18.4 Å². The first kappa shape index (κ1) is 58.8. The molecule has 410 valence electrons. The molecule has 9 N–H and O–H groups in total. The number of benzene rings is 3. The maximum absolute atomic E-state index is 14.7. The monoisotopic (exact) mass is 1050 g/mol. The number of halogens is 2. The number of alkyl carbamates (subject to hydrolysis) is 1. The van der Waals surface area contributed by atoms with Gasteiger partial charge in [0.1, 0.15) is 40.8 Å². The van der Waals surface area contributed by atoms with E-state index >= 15 is 0 Å². The van der Waals surface area contributed by atoms with E-state index in [1.54, 1.807) is 19.1 Å². The Kier molecular flexibility index (Phi) is 23.3. The van der Waals surface area contributed by atoms with Crippen molar-refractivity contribution in [3.05, 3.63) is 94.6 Å². The summed E-state index contributed by atoms with van der Waals surface area (Å²) in [7, 11) is 0. The molecule has 1 saturated heterocycles. The molecule has 0 unspecified atom stereocenters. The summed E-state index contributed by atoms with van der Waals surface area (Å²) >= 11 is 0. The zero-order valence-electron chi connectivity index (χ0n) is 43.6. The molecule has 0 bridgehead atoms. The van der Waals surface area contributed by atoms with Gasteiger partial charge >= 0.3 is 12.1 Å². The maximum atomic E-state index is 14.7. The molecule has 0 aliphatic carbocycles. The zero-order chi connectivity index (χ0) is 54.3. The maximum Gasteiger partial charge on any atom is 0.407 e. The predicted octanol–water partition coefficient (Wildman–Crippen LogP) is 4.45. The topological polar surface area (TPSA) is 261 Å². The summed E-state index contributed by atoms with van der Waals surface area (Å²) in [6, 6.07) is 13.8. The number of nitrogens with two attached hydrogens (primary N) is 1. The van der Waals surface area contributed by atoms with E-state index in [9.17, 15) is 42.7 Å². The van der Waals surface area contributed by atoms with E-state index in [0.717, 1.165) is 68.6 Å². The number of aromatic hydroxyl groups is 1. The van der Waals surface area contributed by atoms with Gasteiger partial charge in [0, 0.05) is 109 Å². The number of unbranched alkanes of at least 4 members (excludes halogenated alkanes) is 2. The van der Waals surface area contributed by atoms with Crippen molar-refractivity contribution < 1.29 is 52.1 Å². The van der Waals surface area contributed by atoms with Crippen LogP contribution in [0, 0.1) is 11.6 Å². The van der Waals surface area contributed by atoms with Gasteiger partial charge in [-0.05, 0) is 81.7 Å². The van der Waals surface area contributed by atoms with Crippen LogP contribution in [-0.4, -0.2) is 139 Å². The van der Waals surface area contributed by atoms with Crippen LogP contribution in [0.2, 0.25) is 0 Å². The Morgan fingerprint density at radius 1 is 0.800 bits per heavy atom. The summed E-state index contributed by atoms with van der Waals surface area (Å²) < 4.78 is 40.7. The molecule has 3 aromatic rings. The molecule has 0 spiro atoms. The van der Waals surface area contributed by atoms with Crippen LogP contribution < -0.4 is 42.4 Å². The molecule has 20 nitrogen and oxygen atoms in total. The van der Waals surface area contributed by atoms with Gasteiger partial charge < -0.3 is 51.8 Å². The second-order valence-corrected chi connectivity index (χ2v) is 19.5. The number of hydrogen-bond acceptors (Lipinski definition) is 12. The number of amides is 7. The number of carbonyl (C=O) groups excluding carboxylic acids is 6. The molecule has 5 rings (SSSR count). The Morgan fingerprint density at radius 2 is 1.47 bits per heavy atom. The molecule has 1 fully saturated rings. The van der Waals surface area contributed by atoms with Crippen molar-refractivity contribution in [3.8, 4) is 11.5 Å². The summed E-state index contributed by atoms with van der Waals surface area (Å²) in [6.07, 6.45) is 3.68. The first-order valence-electron chi connectivity index (χ1n) is 25.8. The highest BCUT2D eigenvalue weighted by molar-refractivity contribution is 5.95. The van der Waals surface area contributed by atoms with Gasteiger partial charge in [-0.3, -0.25) is 39.3 Å². The lowest BCUT2D eigenvalue weighted by Crippen LogP contribution is -2.50. The molecule has 75 heavy (non-hydrogen) atoms. The fourth-order valence-electron chi connectivity index (χ4n) is 8.53. The molecule has 22 heteroatoms. The minimum Gasteiger partial charge on any atom is -0.508 e. The number of aliphatic imine (C=N–C) groups is 1. The van der Waals surface area contributed by atoms with Crippen molar-refractivity contribution in [3.63, 3.8) is 0 Å². The Hall–Kier alpha value is -7.07. The minimum atomic E-state index is -1.21. The number of nitrogens with one attached hydrogen (secondary N) is 6. The van der Waals surface area contributed by atoms with Crippen LogP contribution in [0.25, 0.3) is 0 Å². The standard InChI is InChI=1S/C53H75F2N11O9/c1-5-45(68)57-23-24-59-51(72)63-50(56)58-22-11-15-44(48(70)61-33-41-42(54)31-39(67)32-43(41)55)62-49(71)47(66-34-37-13-8-9-14-38(37)35-66)36-17-19-40(20-18-36)74-30-12-25-64-26-28-65(29-27-64)46(69)16-7-6-10-21-60-52(73)75-53(2,3)4/h8-9,13-14,17-20,31-32,44,47,67H,5-7,10-12,15-16,21-30,33-35H2,1-4H3,(H,57,68)(H,60,73)(H,61,70)(H,62,71)(H4,56,58,59,63,72)/t44-,47+/m1/s1. The van der Waals surface area contributed by atoms with Gasteiger partial charge in [0.25, 0.3) is 0 Å². The third kappa shape index (κ3) is 20.3. The number of rotatable bonds is 26. The third-order valence-corrected chi connectivity index (χ3v) is 12.4. The molecule has 2 atom stereocenters. The second-order valence-electron chi connectivity index (χ2n) is 19.5. The number of nitrogens with zero attached hydrogens (tertiary/aromatic N) is 4. The average molecular weight is 1050 g/mol.